The molecule has 1 saturated carbocycles. The van der Waals surface area contributed by atoms with Gasteiger partial charge in [-0.2, -0.15) is 0 Å². The summed E-state index contributed by atoms with van der Waals surface area (Å²) >= 11 is 0. The fourth-order valence-electron chi connectivity index (χ4n) is 1.90. The van der Waals surface area contributed by atoms with Crippen LogP contribution in [0.5, 0.6) is 0 Å². The third kappa shape index (κ3) is 3.63. The Hall–Kier alpha value is -0.120. The second kappa shape index (κ2) is 5.58. The van der Waals surface area contributed by atoms with Crippen molar-refractivity contribution in [3.63, 3.8) is 0 Å². The molecule has 3 N–H and O–H groups in total. The van der Waals surface area contributed by atoms with Gasteiger partial charge in [-0.3, -0.25) is 0 Å². The van der Waals surface area contributed by atoms with Crippen LogP contribution in [-0.4, -0.2) is 35.0 Å². The Morgan fingerprint density at radius 1 is 1.46 bits per heavy atom. The molecule has 0 aromatic heterocycles. The SMILES string of the molecule is CCCC(O)CNC1CCCC1O. The molecule has 1 rings (SSSR count). The van der Waals surface area contributed by atoms with E-state index in [1.165, 1.54) is 0 Å². The lowest BCUT2D eigenvalue weighted by molar-refractivity contribution is 0.122. The number of nitrogens with one attached hydrogen (secondary N) is 1. The normalized spacial score (nSPS) is 30.7. The third-order valence-electron chi connectivity index (χ3n) is 2.72. The van der Waals surface area contributed by atoms with Crippen molar-refractivity contribution >= 4 is 0 Å². The van der Waals surface area contributed by atoms with Gasteiger partial charge in [0.25, 0.3) is 0 Å². The highest BCUT2D eigenvalue weighted by Gasteiger charge is 2.24. The number of hydrogen-bond donors (Lipinski definition) is 3. The molecule has 1 fully saturated rings. The van der Waals surface area contributed by atoms with Gasteiger partial charge in [0.1, 0.15) is 0 Å². The minimum Gasteiger partial charge on any atom is -0.392 e. The van der Waals surface area contributed by atoms with Gasteiger partial charge in [0.15, 0.2) is 0 Å². The molecular formula is C10H21NO2. The van der Waals surface area contributed by atoms with Crippen molar-refractivity contribution in [2.45, 2.75) is 57.3 Å². The molecule has 1 aliphatic carbocycles. The minimum atomic E-state index is -0.252. The summed E-state index contributed by atoms with van der Waals surface area (Å²) in [7, 11) is 0. The lowest BCUT2D eigenvalue weighted by atomic mass is 10.1. The zero-order valence-electron chi connectivity index (χ0n) is 8.37. The highest BCUT2D eigenvalue weighted by molar-refractivity contribution is 4.83. The maximum absolute atomic E-state index is 9.49. The second-order valence-corrected chi connectivity index (χ2v) is 3.96. The van der Waals surface area contributed by atoms with Crippen LogP contribution in [0.2, 0.25) is 0 Å². The van der Waals surface area contributed by atoms with Crippen molar-refractivity contribution in [2.75, 3.05) is 6.54 Å². The van der Waals surface area contributed by atoms with Crippen molar-refractivity contribution in [2.24, 2.45) is 0 Å². The molecule has 0 aromatic rings. The van der Waals surface area contributed by atoms with E-state index in [0.717, 1.165) is 32.1 Å². The predicted molar refractivity (Wildman–Crippen MR) is 52.6 cm³/mol. The molecule has 13 heavy (non-hydrogen) atoms. The van der Waals surface area contributed by atoms with Gasteiger partial charge in [0.05, 0.1) is 12.2 Å². The molecular weight excluding hydrogens is 166 g/mol. The molecule has 0 spiro atoms. The van der Waals surface area contributed by atoms with E-state index in [2.05, 4.69) is 12.2 Å². The summed E-state index contributed by atoms with van der Waals surface area (Å²) < 4.78 is 0. The van der Waals surface area contributed by atoms with E-state index in [1.807, 2.05) is 0 Å². The van der Waals surface area contributed by atoms with Crippen LogP contribution in [0.3, 0.4) is 0 Å². The van der Waals surface area contributed by atoms with Crippen molar-refractivity contribution in [1.82, 2.24) is 5.32 Å². The van der Waals surface area contributed by atoms with Gasteiger partial charge in [-0.1, -0.05) is 13.3 Å². The zero-order chi connectivity index (χ0) is 9.68. The highest BCUT2D eigenvalue weighted by Crippen LogP contribution is 2.18. The average Bonchev–Trinajstić information content (AvgIpc) is 2.48. The number of rotatable bonds is 5. The predicted octanol–water partition coefficient (Wildman–Crippen LogP) is 0.650. The second-order valence-electron chi connectivity index (χ2n) is 3.96. The molecule has 0 amide bonds. The minimum absolute atomic E-state index is 0.200. The smallest absolute Gasteiger partial charge is 0.0693 e. The summed E-state index contributed by atoms with van der Waals surface area (Å²) in [6, 6.07) is 0.214. The van der Waals surface area contributed by atoms with Gasteiger partial charge in [0.2, 0.25) is 0 Å². The number of aliphatic hydroxyl groups excluding tert-OH is 2. The molecule has 0 radical (unpaired) electrons. The summed E-state index contributed by atoms with van der Waals surface area (Å²) in [5, 5.41) is 22.2. The summed E-state index contributed by atoms with van der Waals surface area (Å²) in [6.07, 6.45) is 4.45. The maximum atomic E-state index is 9.49. The first-order valence-corrected chi connectivity index (χ1v) is 5.33. The van der Waals surface area contributed by atoms with Gasteiger partial charge >= 0.3 is 0 Å². The van der Waals surface area contributed by atoms with Crippen LogP contribution < -0.4 is 5.32 Å². The molecule has 3 nitrogen and oxygen atoms in total. The van der Waals surface area contributed by atoms with Crippen LogP contribution in [0, 0.1) is 0 Å². The van der Waals surface area contributed by atoms with Gasteiger partial charge in [-0.15, -0.1) is 0 Å². The Kier molecular flexibility index (Phi) is 4.70. The average molecular weight is 187 g/mol. The molecule has 1 aliphatic rings. The molecule has 3 heteroatoms. The standard InChI is InChI=1S/C10H21NO2/c1-2-4-8(12)7-11-9-5-3-6-10(9)13/h8-13H,2-7H2,1H3. The molecule has 0 bridgehead atoms. The fourth-order valence-corrected chi connectivity index (χ4v) is 1.90. The first kappa shape index (κ1) is 11.0. The third-order valence-corrected chi connectivity index (χ3v) is 2.72. The van der Waals surface area contributed by atoms with Crippen molar-refractivity contribution in [3.8, 4) is 0 Å². The fraction of sp³-hybridized carbons (Fsp3) is 1.00. The largest absolute Gasteiger partial charge is 0.392 e. The Labute approximate surface area is 80.2 Å². The summed E-state index contributed by atoms with van der Waals surface area (Å²) in [5.74, 6) is 0. The molecule has 78 valence electrons. The van der Waals surface area contributed by atoms with Crippen molar-refractivity contribution in [1.29, 1.82) is 0 Å². The van der Waals surface area contributed by atoms with E-state index >= 15 is 0 Å². The molecule has 0 aromatic carbocycles. The lowest BCUT2D eigenvalue weighted by Gasteiger charge is -2.18. The van der Waals surface area contributed by atoms with E-state index in [0.29, 0.717) is 6.54 Å². The lowest BCUT2D eigenvalue weighted by Crippen LogP contribution is -2.40. The zero-order valence-corrected chi connectivity index (χ0v) is 8.37. The maximum Gasteiger partial charge on any atom is 0.0693 e. The van der Waals surface area contributed by atoms with Crippen LogP contribution >= 0.6 is 0 Å². The van der Waals surface area contributed by atoms with Crippen LogP contribution in [0.25, 0.3) is 0 Å². The molecule has 0 heterocycles. The van der Waals surface area contributed by atoms with Crippen LogP contribution in [0.4, 0.5) is 0 Å². The van der Waals surface area contributed by atoms with Crippen molar-refractivity contribution in [3.05, 3.63) is 0 Å². The van der Waals surface area contributed by atoms with E-state index < -0.39 is 0 Å². The van der Waals surface area contributed by atoms with Crippen molar-refractivity contribution < 1.29 is 10.2 Å². The van der Waals surface area contributed by atoms with Crippen LogP contribution in [0.1, 0.15) is 39.0 Å². The van der Waals surface area contributed by atoms with Gasteiger partial charge < -0.3 is 15.5 Å². The number of hydrogen-bond acceptors (Lipinski definition) is 3. The Bertz CT molecular complexity index is 141. The first-order chi connectivity index (χ1) is 6.24. The molecule has 3 unspecified atom stereocenters. The highest BCUT2D eigenvalue weighted by atomic mass is 16.3. The summed E-state index contributed by atoms with van der Waals surface area (Å²) in [6.45, 7) is 2.68. The van der Waals surface area contributed by atoms with Gasteiger partial charge in [0, 0.05) is 12.6 Å². The molecule has 0 saturated heterocycles. The van der Waals surface area contributed by atoms with Crippen LogP contribution in [0.15, 0.2) is 0 Å². The van der Waals surface area contributed by atoms with Crippen LogP contribution in [-0.2, 0) is 0 Å². The summed E-state index contributed by atoms with van der Waals surface area (Å²) in [4.78, 5) is 0. The van der Waals surface area contributed by atoms with Gasteiger partial charge in [-0.25, -0.2) is 0 Å². The van der Waals surface area contributed by atoms with E-state index in [1.54, 1.807) is 0 Å². The Morgan fingerprint density at radius 3 is 2.77 bits per heavy atom. The van der Waals surface area contributed by atoms with Gasteiger partial charge in [-0.05, 0) is 25.7 Å². The molecule has 0 aliphatic heterocycles. The summed E-state index contributed by atoms with van der Waals surface area (Å²) in [5.41, 5.74) is 0. The van der Waals surface area contributed by atoms with E-state index in [4.69, 9.17) is 0 Å². The van der Waals surface area contributed by atoms with E-state index in [-0.39, 0.29) is 18.2 Å². The number of aliphatic hydroxyl groups is 2. The topological polar surface area (TPSA) is 52.5 Å². The Balaban J connectivity index is 2.10. The quantitative estimate of drug-likeness (QED) is 0.592. The first-order valence-electron chi connectivity index (χ1n) is 5.33. The molecule has 3 atom stereocenters. The monoisotopic (exact) mass is 187 g/mol. The Morgan fingerprint density at radius 2 is 2.23 bits per heavy atom. The van der Waals surface area contributed by atoms with E-state index in [9.17, 15) is 10.2 Å².